The van der Waals surface area contributed by atoms with E-state index in [0.29, 0.717) is 16.8 Å². The maximum Gasteiger partial charge on any atom is 0.223 e. The van der Waals surface area contributed by atoms with Crippen LogP contribution in [0.5, 0.6) is 0 Å². The summed E-state index contributed by atoms with van der Waals surface area (Å²) < 4.78 is 8.31. The van der Waals surface area contributed by atoms with Gasteiger partial charge in [0.15, 0.2) is 5.58 Å². The Morgan fingerprint density at radius 3 is 1.98 bits per heavy atom. The fraction of sp³-hybridized carbons (Fsp3) is 0. The standard InChI is InChI=1S/C42H22Cl2N4OS/c43-41-45-35(39-37(47-41)31-9-4-5-11-32(31)49-39)25-15-13-24(14-16-25)30-10-6-12-33-34(30)38-40(50-33)36(46-42(44)48-38)29-20-19-27-21-26(17-18-28(27)22-29)23-7-2-1-3-8-23/h1-22H. The van der Waals surface area contributed by atoms with Gasteiger partial charge in [-0.1, -0.05) is 103 Å². The summed E-state index contributed by atoms with van der Waals surface area (Å²) in [6.07, 6.45) is 0. The van der Waals surface area contributed by atoms with Crippen LogP contribution in [0.15, 0.2) is 138 Å². The fourth-order valence-electron chi connectivity index (χ4n) is 6.87. The molecule has 0 unspecified atom stereocenters. The summed E-state index contributed by atoms with van der Waals surface area (Å²) in [4.78, 5) is 18.6. The number of aromatic nitrogens is 4. The molecule has 0 aliphatic carbocycles. The SMILES string of the molecule is Clc1nc(-c2ccc(-c3cccc4sc5c(-c6ccc7cc(-c8ccccc8)ccc7c6)nc(Cl)nc5c34)cc2)c2oc3ccccc3c2n1. The molecule has 4 aromatic heterocycles. The molecule has 50 heavy (non-hydrogen) atoms. The van der Waals surface area contributed by atoms with E-state index in [1.165, 1.54) is 16.5 Å². The van der Waals surface area contributed by atoms with Crippen LogP contribution in [-0.4, -0.2) is 19.9 Å². The summed E-state index contributed by atoms with van der Waals surface area (Å²) in [5.74, 6) is 0. The van der Waals surface area contributed by atoms with E-state index in [2.05, 4.69) is 101 Å². The molecule has 10 rings (SSSR count). The Morgan fingerprint density at radius 2 is 1.16 bits per heavy atom. The van der Waals surface area contributed by atoms with E-state index in [1.54, 1.807) is 11.3 Å². The van der Waals surface area contributed by atoms with Gasteiger partial charge in [0.05, 0.1) is 15.9 Å². The zero-order valence-corrected chi connectivity index (χ0v) is 28.4. The molecule has 236 valence electrons. The first-order chi connectivity index (χ1) is 24.6. The van der Waals surface area contributed by atoms with Gasteiger partial charge in [0.25, 0.3) is 0 Å². The van der Waals surface area contributed by atoms with E-state index in [-0.39, 0.29) is 10.6 Å². The normalized spacial score (nSPS) is 11.8. The van der Waals surface area contributed by atoms with Crippen LogP contribution in [0.2, 0.25) is 10.6 Å². The predicted octanol–water partition coefficient (Wildman–Crippen LogP) is 12.7. The van der Waals surface area contributed by atoms with Gasteiger partial charge in [-0.3, -0.25) is 0 Å². The second kappa shape index (κ2) is 11.5. The first-order valence-electron chi connectivity index (χ1n) is 16.0. The summed E-state index contributed by atoms with van der Waals surface area (Å²) in [6.45, 7) is 0. The van der Waals surface area contributed by atoms with Gasteiger partial charge >= 0.3 is 0 Å². The van der Waals surface area contributed by atoms with Crippen LogP contribution < -0.4 is 0 Å². The minimum absolute atomic E-state index is 0.174. The van der Waals surface area contributed by atoms with Crippen LogP contribution in [0, 0.1) is 0 Å². The Balaban J connectivity index is 1.07. The van der Waals surface area contributed by atoms with E-state index in [9.17, 15) is 0 Å². The van der Waals surface area contributed by atoms with Crippen LogP contribution in [-0.2, 0) is 0 Å². The molecule has 0 amide bonds. The number of fused-ring (bicyclic) bond motifs is 7. The highest BCUT2D eigenvalue weighted by atomic mass is 35.5. The predicted molar refractivity (Wildman–Crippen MR) is 207 cm³/mol. The first-order valence-corrected chi connectivity index (χ1v) is 17.6. The van der Waals surface area contributed by atoms with Crippen LogP contribution in [0.3, 0.4) is 0 Å². The fourth-order valence-corrected chi connectivity index (χ4v) is 8.38. The Bertz CT molecular complexity index is 2960. The number of hydrogen-bond donors (Lipinski definition) is 0. The van der Waals surface area contributed by atoms with E-state index in [1.807, 2.05) is 42.5 Å². The Hall–Kier alpha value is -5.66. The van der Waals surface area contributed by atoms with Crippen molar-refractivity contribution in [3.05, 3.63) is 144 Å². The van der Waals surface area contributed by atoms with Gasteiger partial charge < -0.3 is 4.42 Å². The molecule has 0 saturated carbocycles. The van der Waals surface area contributed by atoms with E-state index in [0.717, 1.165) is 64.6 Å². The highest BCUT2D eigenvalue weighted by Gasteiger charge is 2.20. The average molecular weight is 702 g/mol. The highest BCUT2D eigenvalue weighted by molar-refractivity contribution is 7.26. The number of rotatable bonds is 4. The molecule has 0 N–H and O–H groups in total. The molecule has 0 saturated heterocycles. The summed E-state index contributed by atoms with van der Waals surface area (Å²) >= 11 is 14.8. The van der Waals surface area contributed by atoms with E-state index in [4.69, 9.17) is 37.6 Å². The molecule has 6 aromatic carbocycles. The van der Waals surface area contributed by atoms with Crippen molar-refractivity contribution < 1.29 is 4.42 Å². The molecular weight excluding hydrogens is 679 g/mol. The number of halogens is 2. The lowest BCUT2D eigenvalue weighted by atomic mass is 9.98. The first kappa shape index (κ1) is 29.3. The molecule has 4 heterocycles. The van der Waals surface area contributed by atoms with Gasteiger partial charge in [-0.05, 0) is 86.6 Å². The second-order valence-corrected chi connectivity index (χ2v) is 13.9. The van der Waals surface area contributed by atoms with Crippen LogP contribution >= 0.6 is 34.5 Å². The molecule has 10 aromatic rings. The molecular formula is C42H22Cl2N4OS. The van der Waals surface area contributed by atoms with Crippen LogP contribution in [0.4, 0.5) is 0 Å². The van der Waals surface area contributed by atoms with Crippen LogP contribution in [0.1, 0.15) is 0 Å². The Kier molecular flexibility index (Phi) is 6.71. The molecule has 0 bridgehead atoms. The molecule has 0 aliphatic rings. The number of para-hydroxylation sites is 1. The lowest BCUT2D eigenvalue weighted by Gasteiger charge is -2.09. The van der Waals surface area contributed by atoms with Crippen molar-refractivity contribution in [3.63, 3.8) is 0 Å². The van der Waals surface area contributed by atoms with Crippen molar-refractivity contribution in [2.75, 3.05) is 0 Å². The quantitative estimate of drug-likeness (QED) is 0.171. The zero-order valence-electron chi connectivity index (χ0n) is 26.1. The molecule has 0 fully saturated rings. The van der Waals surface area contributed by atoms with Gasteiger partial charge in [-0.15, -0.1) is 11.3 Å². The highest BCUT2D eigenvalue weighted by Crippen LogP contribution is 2.44. The Morgan fingerprint density at radius 1 is 0.500 bits per heavy atom. The number of thiophene rings is 1. The summed E-state index contributed by atoms with van der Waals surface area (Å²) in [7, 11) is 0. The van der Waals surface area contributed by atoms with Crippen molar-refractivity contribution >= 4 is 87.7 Å². The number of benzene rings is 6. The van der Waals surface area contributed by atoms with Crippen molar-refractivity contribution in [2.45, 2.75) is 0 Å². The summed E-state index contributed by atoms with van der Waals surface area (Å²) in [6, 6.07) is 45.9. The lowest BCUT2D eigenvalue weighted by molar-refractivity contribution is 0.667. The van der Waals surface area contributed by atoms with Crippen molar-refractivity contribution in [1.82, 2.24) is 19.9 Å². The third-order valence-corrected chi connectivity index (χ3v) is 10.7. The van der Waals surface area contributed by atoms with E-state index >= 15 is 0 Å². The van der Waals surface area contributed by atoms with Gasteiger partial charge in [0, 0.05) is 26.6 Å². The molecule has 0 aliphatic heterocycles. The minimum atomic E-state index is 0.174. The molecule has 0 radical (unpaired) electrons. The van der Waals surface area contributed by atoms with Crippen molar-refractivity contribution in [2.24, 2.45) is 0 Å². The van der Waals surface area contributed by atoms with Gasteiger partial charge in [-0.2, -0.15) is 0 Å². The van der Waals surface area contributed by atoms with Crippen LogP contribution in [0.25, 0.3) is 97.9 Å². The molecule has 8 heteroatoms. The largest absolute Gasteiger partial charge is 0.452 e. The third kappa shape index (κ3) is 4.76. The summed E-state index contributed by atoms with van der Waals surface area (Å²) in [5, 5.41) is 4.64. The topological polar surface area (TPSA) is 64.7 Å². The van der Waals surface area contributed by atoms with Gasteiger partial charge in [-0.25, -0.2) is 19.9 Å². The number of hydrogen-bond acceptors (Lipinski definition) is 6. The number of furan rings is 1. The lowest BCUT2D eigenvalue weighted by Crippen LogP contribution is -1.90. The second-order valence-electron chi connectivity index (χ2n) is 12.1. The zero-order chi connectivity index (χ0) is 33.3. The third-order valence-electron chi connectivity index (χ3n) is 9.20. The van der Waals surface area contributed by atoms with Crippen molar-refractivity contribution in [1.29, 1.82) is 0 Å². The maximum absolute atomic E-state index is 6.67. The average Bonchev–Trinajstić information content (AvgIpc) is 3.73. The smallest absolute Gasteiger partial charge is 0.223 e. The number of nitrogens with zero attached hydrogens (tertiary/aromatic N) is 4. The van der Waals surface area contributed by atoms with E-state index < -0.39 is 0 Å². The van der Waals surface area contributed by atoms with Gasteiger partial charge in [0.1, 0.15) is 16.8 Å². The monoisotopic (exact) mass is 700 g/mol. The maximum atomic E-state index is 6.67. The Labute approximate surface area is 299 Å². The molecule has 5 nitrogen and oxygen atoms in total. The summed E-state index contributed by atoms with van der Waals surface area (Å²) in [5.41, 5.74) is 10.7. The molecule has 0 atom stereocenters. The van der Waals surface area contributed by atoms with Gasteiger partial charge in [0.2, 0.25) is 10.6 Å². The minimum Gasteiger partial charge on any atom is -0.452 e. The molecule has 0 spiro atoms. The van der Waals surface area contributed by atoms with Crippen molar-refractivity contribution in [3.8, 4) is 44.8 Å².